The first-order valence-electron chi connectivity index (χ1n) is 11.5. The second kappa shape index (κ2) is 18.7. The summed E-state index contributed by atoms with van der Waals surface area (Å²) in [5.41, 5.74) is 5.56. The lowest BCUT2D eigenvalue weighted by atomic mass is 10.0. The fourth-order valence-electron chi connectivity index (χ4n) is 3.42. The zero-order valence-electron chi connectivity index (χ0n) is 17.9. The lowest BCUT2D eigenvalue weighted by Crippen LogP contribution is -2.28. The van der Waals surface area contributed by atoms with Crippen LogP contribution in [-0.2, 0) is 4.74 Å². The van der Waals surface area contributed by atoms with Gasteiger partial charge in [0.05, 0.1) is 5.60 Å². The topological polar surface area (TPSA) is 35.2 Å². The third kappa shape index (κ3) is 20.1. The van der Waals surface area contributed by atoms with Gasteiger partial charge in [-0.05, 0) is 33.2 Å². The minimum Gasteiger partial charge on any atom is -0.376 e. The Kier molecular flexibility index (Phi) is 18.6. The molecule has 25 heavy (non-hydrogen) atoms. The van der Waals surface area contributed by atoms with Crippen LogP contribution in [0.15, 0.2) is 0 Å². The van der Waals surface area contributed by atoms with Crippen molar-refractivity contribution in [1.82, 2.24) is 0 Å². The molecule has 0 unspecified atom stereocenters. The molecule has 0 atom stereocenters. The average molecular weight is 356 g/mol. The molecule has 0 aliphatic heterocycles. The molecular formula is C23H49NO. The molecule has 0 aromatic rings. The monoisotopic (exact) mass is 355 g/mol. The molecule has 0 fully saturated rings. The molecule has 0 rings (SSSR count). The molecule has 0 heterocycles. The molecule has 2 nitrogen and oxygen atoms in total. The van der Waals surface area contributed by atoms with E-state index in [-0.39, 0.29) is 5.60 Å². The van der Waals surface area contributed by atoms with E-state index in [1.165, 1.54) is 103 Å². The maximum absolute atomic E-state index is 5.91. The van der Waals surface area contributed by atoms with Crippen LogP contribution >= 0.6 is 0 Å². The number of rotatable bonds is 20. The lowest BCUT2D eigenvalue weighted by Gasteiger charge is -2.24. The van der Waals surface area contributed by atoms with Gasteiger partial charge in [-0.3, -0.25) is 0 Å². The minimum atomic E-state index is -0.0374. The van der Waals surface area contributed by atoms with Gasteiger partial charge in [-0.1, -0.05) is 103 Å². The second-order valence-electron chi connectivity index (χ2n) is 8.45. The van der Waals surface area contributed by atoms with Crippen LogP contribution in [0.2, 0.25) is 0 Å². The van der Waals surface area contributed by atoms with Gasteiger partial charge in [-0.15, -0.1) is 0 Å². The molecule has 152 valence electrons. The summed E-state index contributed by atoms with van der Waals surface area (Å²) in [6, 6.07) is 0. The number of nitrogens with two attached hydrogens (primary N) is 1. The van der Waals surface area contributed by atoms with E-state index in [1.807, 2.05) is 0 Å². The van der Waals surface area contributed by atoms with Crippen molar-refractivity contribution in [2.24, 2.45) is 5.73 Å². The van der Waals surface area contributed by atoms with Gasteiger partial charge in [-0.2, -0.15) is 0 Å². The normalized spacial score (nSPS) is 12.0. The smallest absolute Gasteiger partial charge is 0.0638 e. The molecule has 2 N–H and O–H groups in total. The first kappa shape index (κ1) is 24.9. The van der Waals surface area contributed by atoms with Gasteiger partial charge in [-0.25, -0.2) is 0 Å². The summed E-state index contributed by atoms with van der Waals surface area (Å²) in [5.74, 6) is 0. The highest BCUT2D eigenvalue weighted by molar-refractivity contribution is 4.68. The van der Waals surface area contributed by atoms with Gasteiger partial charge in [0.15, 0.2) is 0 Å². The van der Waals surface area contributed by atoms with E-state index >= 15 is 0 Å². The van der Waals surface area contributed by atoms with Crippen molar-refractivity contribution in [1.29, 1.82) is 0 Å². The standard InChI is InChI=1S/C23H49NO/c1-4-5-6-7-8-9-10-11-12-13-14-15-16-17-18-19-22-25-23(2,3)20-21-24/h4-22,24H2,1-3H3. The molecule has 0 aromatic carbocycles. The Morgan fingerprint density at radius 2 is 0.960 bits per heavy atom. The van der Waals surface area contributed by atoms with Crippen LogP contribution in [0.3, 0.4) is 0 Å². The van der Waals surface area contributed by atoms with Gasteiger partial charge in [0, 0.05) is 6.61 Å². The molecule has 0 bridgehead atoms. The zero-order valence-corrected chi connectivity index (χ0v) is 17.9. The van der Waals surface area contributed by atoms with Crippen molar-refractivity contribution in [2.75, 3.05) is 13.2 Å². The molecule has 0 saturated carbocycles. The first-order valence-corrected chi connectivity index (χ1v) is 11.5. The molecule has 0 saturated heterocycles. The van der Waals surface area contributed by atoms with Crippen molar-refractivity contribution in [2.45, 2.75) is 136 Å². The highest BCUT2D eigenvalue weighted by Gasteiger charge is 2.16. The van der Waals surface area contributed by atoms with Crippen molar-refractivity contribution >= 4 is 0 Å². The van der Waals surface area contributed by atoms with Crippen LogP contribution < -0.4 is 5.73 Å². The number of unbranched alkanes of at least 4 members (excludes halogenated alkanes) is 15. The Morgan fingerprint density at radius 3 is 1.32 bits per heavy atom. The van der Waals surface area contributed by atoms with Crippen molar-refractivity contribution in [3.63, 3.8) is 0 Å². The molecule has 0 aliphatic carbocycles. The number of hydrogen-bond acceptors (Lipinski definition) is 2. The molecule has 0 amide bonds. The van der Waals surface area contributed by atoms with E-state index in [4.69, 9.17) is 10.5 Å². The molecular weight excluding hydrogens is 306 g/mol. The molecule has 0 aliphatic rings. The fraction of sp³-hybridized carbons (Fsp3) is 1.00. The van der Waals surface area contributed by atoms with Crippen LogP contribution in [0.1, 0.15) is 130 Å². The summed E-state index contributed by atoms with van der Waals surface area (Å²) in [4.78, 5) is 0. The Labute approximate surface area is 159 Å². The number of ether oxygens (including phenoxy) is 1. The Hall–Kier alpha value is -0.0800. The summed E-state index contributed by atoms with van der Waals surface area (Å²) in [5, 5.41) is 0. The largest absolute Gasteiger partial charge is 0.376 e. The van der Waals surface area contributed by atoms with E-state index in [2.05, 4.69) is 20.8 Å². The van der Waals surface area contributed by atoms with Crippen LogP contribution in [0, 0.1) is 0 Å². The summed E-state index contributed by atoms with van der Waals surface area (Å²) in [6.45, 7) is 8.19. The molecule has 0 aromatic heterocycles. The predicted octanol–water partition coefficient (Wildman–Crippen LogP) is 7.39. The van der Waals surface area contributed by atoms with Gasteiger partial charge >= 0.3 is 0 Å². The predicted molar refractivity (Wildman–Crippen MR) is 113 cm³/mol. The Morgan fingerprint density at radius 1 is 0.600 bits per heavy atom. The van der Waals surface area contributed by atoms with Crippen LogP contribution in [-0.4, -0.2) is 18.8 Å². The maximum Gasteiger partial charge on any atom is 0.0638 e. The average Bonchev–Trinajstić information content (AvgIpc) is 2.57. The van der Waals surface area contributed by atoms with Crippen LogP contribution in [0.5, 0.6) is 0 Å². The van der Waals surface area contributed by atoms with Crippen LogP contribution in [0.25, 0.3) is 0 Å². The van der Waals surface area contributed by atoms with Crippen molar-refractivity contribution < 1.29 is 4.74 Å². The third-order valence-electron chi connectivity index (χ3n) is 5.24. The van der Waals surface area contributed by atoms with Gasteiger partial charge < -0.3 is 10.5 Å². The summed E-state index contributed by atoms with van der Waals surface area (Å²) in [6.07, 6.45) is 23.6. The SMILES string of the molecule is CCCCCCCCCCCCCCCCCCOC(C)(C)CCN. The highest BCUT2D eigenvalue weighted by atomic mass is 16.5. The minimum absolute atomic E-state index is 0.0374. The first-order chi connectivity index (χ1) is 12.1. The summed E-state index contributed by atoms with van der Waals surface area (Å²) in [7, 11) is 0. The van der Waals surface area contributed by atoms with E-state index in [0.717, 1.165) is 13.0 Å². The Balaban J connectivity index is 3.10. The summed E-state index contributed by atoms with van der Waals surface area (Å²) < 4.78 is 5.91. The van der Waals surface area contributed by atoms with Crippen LogP contribution in [0.4, 0.5) is 0 Å². The second-order valence-corrected chi connectivity index (χ2v) is 8.45. The zero-order chi connectivity index (χ0) is 18.6. The number of hydrogen-bond donors (Lipinski definition) is 1. The molecule has 2 heteroatoms. The fourth-order valence-corrected chi connectivity index (χ4v) is 3.42. The lowest BCUT2D eigenvalue weighted by molar-refractivity contribution is -0.0232. The van der Waals surface area contributed by atoms with Crippen molar-refractivity contribution in [3.05, 3.63) is 0 Å². The van der Waals surface area contributed by atoms with E-state index in [1.54, 1.807) is 0 Å². The Bertz CT molecular complexity index is 252. The molecule has 0 spiro atoms. The quantitative estimate of drug-likeness (QED) is 0.231. The third-order valence-corrected chi connectivity index (χ3v) is 5.24. The van der Waals surface area contributed by atoms with E-state index < -0.39 is 0 Å². The highest BCUT2D eigenvalue weighted by Crippen LogP contribution is 2.16. The molecule has 0 radical (unpaired) electrons. The van der Waals surface area contributed by atoms with Gasteiger partial charge in [0.2, 0.25) is 0 Å². The van der Waals surface area contributed by atoms with E-state index in [0.29, 0.717) is 6.54 Å². The van der Waals surface area contributed by atoms with E-state index in [9.17, 15) is 0 Å². The van der Waals surface area contributed by atoms with Gasteiger partial charge in [0.1, 0.15) is 0 Å². The summed E-state index contributed by atoms with van der Waals surface area (Å²) >= 11 is 0. The van der Waals surface area contributed by atoms with Crippen molar-refractivity contribution in [3.8, 4) is 0 Å². The van der Waals surface area contributed by atoms with Gasteiger partial charge in [0.25, 0.3) is 0 Å². The maximum atomic E-state index is 5.91.